The van der Waals surface area contributed by atoms with Crippen molar-refractivity contribution in [1.29, 1.82) is 0 Å². The first-order valence-electron chi connectivity index (χ1n) is 15.0. The molecular weight excluding hydrogens is 527 g/mol. The van der Waals surface area contributed by atoms with Crippen LogP contribution in [0.5, 0.6) is 0 Å². The molecule has 3 heterocycles. The Bertz CT molecular complexity index is 1570. The van der Waals surface area contributed by atoms with Gasteiger partial charge in [-0.1, -0.05) is 24.3 Å². The fourth-order valence-electron chi connectivity index (χ4n) is 6.18. The fourth-order valence-corrected chi connectivity index (χ4v) is 6.18. The first-order valence-corrected chi connectivity index (χ1v) is 15.0. The monoisotopic (exact) mass is 564 g/mol. The van der Waals surface area contributed by atoms with Crippen molar-refractivity contribution in [2.75, 3.05) is 31.5 Å². The van der Waals surface area contributed by atoms with Gasteiger partial charge in [0.1, 0.15) is 5.82 Å². The molecule has 0 saturated carbocycles. The van der Waals surface area contributed by atoms with Crippen molar-refractivity contribution in [3.63, 3.8) is 0 Å². The SMILES string of the molecule is Cc1cc2cc(CN3CCC(C(=O)N4CCCCC4)CC3)cnc2cc1NC(=O)c1ccc(-c2ccc(F)cc2)cc1. The molecular formula is C35H37FN4O2. The lowest BCUT2D eigenvalue weighted by Gasteiger charge is -2.35. The van der Waals surface area contributed by atoms with Crippen LogP contribution >= 0.6 is 0 Å². The van der Waals surface area contributed by atoms with E-state index in [1.165, 1.54) is 18.6 Å². The molecule has 0 aliphatic carbocycles. The van der Waals surface area contributed by atoms with Crippen LogP contribution in [-0.4, -0.2) is 52.8 Å². The van der Waals surface area contributed by atoms with Crippen molar-refractivity contribution in [2.45, 2.75) is 45.6 Å². The molecule has 0 spiro atoms. The molecule has 0 bridgehead atoms. The Labute approximate surface area is 246 Å². The Morgan fingerprint density at radius 1 is 0.881 bits per heavy atom. The highest BCUT2D eigenvalue weighted by Crippen LogP contribution is 2.27. The number of pyridine rings is 1. The summed E-state index contributed by atoms with van der Waals surface area (Å²) in [5.74, 6) is 0.0608. The fraction of sp³-hybridized carbons (Fsp3) is 0.343. The van der Waals surface area contributed by atoms with Gasteiger partial charge in [-0.05, 0) is 117 Å². The van der Waals surface area contributed by atoms with E-state index in [-0.39, 0.29) is 17.6 Å². The minimum atomic E-state index is -0.275. The zero-order valence-electron chi connectivity index (χ0n) is 24.1. The van der Waals surface area contributed by atoms with Crippen molar-refractivity contribution in [3.8, 4) is 11.1 Å². The lowest BCUT2D eigenvalue weighted by molar-refractivity contribution is -0.138. The summed E-state index contributed by atoms with van der Waals surface area (Å²) >= 11 is 0. The minimum absolute atomic E-state index is 0.165. The summed E-state index contributed by atoms with van der Waals surface area (Å²) in [6.45, 7) is 6.52. The summed E-state index contributed by atoms with van der Waals surface area (Å²) in [6, 6.07) is 19.8. The molecule has 2 amide bonds. The Balaban J connectivity index is 1.07. The van der Waals surface area contributed by atoms with Crippen LogP contribution in [0.3, 0.4) is 0 Å². The Morgan fingerprint density at radius 2 is 1.55 bits per heavy atom. The molecule has 0 atom stereocenters. The Morgan fingerprint density at radius 3 is 2.24 bits per heavy atom. The standard InChI is InChI=1S/C35H37FN4O2/c1-24-19-30-20-25(23-39-17-13-29(14-18-39)35(42)40-15-3-2-4-16-40)22-37-33(30)21-32(24)38-34(41)28-7-5-26(6-8-28)27-9-11-31(36)12-10-27/h5-12,19-22,29H,2-4,13-18,23H2,1H3,(H,38,41). The first kappa shape index (κ1) is 28.0. The van der Waals surface area contributed by atoms with E-state index in [9.17, 15) is 14.0 Å². The van der Waals surface area contributed by atoms with E-state index in [0.29, 0.717) is 11.5 Å². The lowest BCUT2D eigenvalue weighted by Crippen LogP contribution is -2.44. The summed E-state index contributed by atoms with van der Waals surface area (Å²) in [7, 11) is 0. The maximum absolute atomic E-state index is 13.2. The van der Waals surface area contributed by atoms with Gasteiger partial charge in [-0.25, -0.2) is 4.39 Å². The summed E-state index contributed by atoms with van der Waals surface area (Å²) in [4.78, 5) is 35.1. The van der Waals surface area contributed by atoms with Crippen molar-refractivity contribution in [3.05, 3.63) is 95.4 Å². The second-order valence-corrected chi connectivity index (χ2v) is 11.7. The van der Waals surface area contributed by atoms with Crippen LogP contribution in [0, 0.1) is 18.7 Å². The van der Waals surface area contributed by atoms with Gasteiger partial charge >= 0.3 is 0 Å². The molecule has 2 aliphatic heterocycles. The molecule has 1 N–H and O–H groups in total. The largest absolute Gasteiger partial charge is 0.342 e. The van der Waals surface area contributed by atoms with E-state index in [0.717, 1.165) is 97.3 Å². The third-order valence-electron chi connectivity index (χ3n) is 8.67. The smallest absolute Gasteiger partial charge is 0.255 e. The summed E-state index contributed by atoms with van der Waals surface area (Å²) in [6.07, 6.45) is 7.29. The van der Waals surface area contributed by atoms with Crippen LogP contribution in [0.25, 0.3) is 22.0 Å². The first-order chi connectivity index (χ1) is 20.4. The molecule has 216 valence electrons. The van der Waals surface area contributed by atoms with Crippen LogP contribution in [0.2, 0.25) is 0 Å². The molecule has 6 rings (SSSR count). The molecule has 0 unspecified atom stereocenters. The molecule has 0 radical (unpaired) electrons. The number of hydrogen-bond acceptors (Lipinski definition) is 4. The number of likely N-dealkylation sites (tertiary alicyclic amines) is 2. The number of anilines is 1. The maximum Gasteiger partial charge on any atom is 0.255 e. The van der Waals surface area contributed by atoms with E-state index in [2.05, 4.69) is 27.2 Å². The number of fused-ring (bicyclic) bond motifs is 1. The number of halogens is 1. The number of amides is 2. The van der Waals surface area contributed by atoms with Gasteiger partial charge < -0.3 is 10.2 Å². The Hall–Kier alpha value is -4.10. The molecule has 2 fully saturated rings. The molecule has 3 aromatic carbocycles. The van der Waals surface area contributed by atoms with E-state index in [1.807, 2.05) is 31.3 Å². The van der Waals surface area contributed by atoms with Crippen LogP contribution in [0.15, 0.2) is 72.9 Å². The molecule has 2 aliphatic rings. The van der Waals surface area contributed by atoms with Crippen LogP contribution < -0.4 is 5.32 Å². The summed E-state index contributed by atoms with van der Waals surface area (Å²) < 4.78 is 13.2. The number of carbonyl (C=O) groups is 2. The number of nitrogens with one attached hydrogen (secondary N) is 1. The average molecular weight is 565 g/mol. The van der Waals surface area contributed by atoms with Crippen LogP contribution in [0.1, 0.15) is 53.6 Å². The van der Waals surface area contributed by atoms with Gasteiger partial charge in [0.05, 0.1) is 5.52 Å². The highest BCUT2D eigenvalue weighted by atomic mass is 19.1. The lowest BCUT2D eigenvalue weighted by atomic mass is 9.94. The molecule has 4 aromatic rings. The van der Waals surface area contributed by atoms with Crippen molar-refractivity contribution < 1.29 is 14.0 Å². The van der Waals surface area contributed by atoms with Gasteiger partial charge in [-0.3, -0.25) is 19.5 Å². The predicted octanol–water partition coefficient (Wildman–Crippen LogP) is 6.83. The molecule has 7 heteroatoms. The number of aromatic nitrogens is 1. The van der Waals surface area contributed by atoms with Gasteiger partial charge in [0, 0.05) is 48.4 Å². The van der Waals surface area contributed by atoms with Gasteiger partial charge in [0.25, 0.3) is 5.91 Å². The zero-order chi connectivity index (χ0) is 29.1. The molecule has 1 aromatic heterocycles. The van der Waals surface area contributed by atoms with E-state index in [1.54, 1.807) is 24.3 Å². The number of hydrogen-bond donors (Lipinski definition) is 1. The van der Waals surface area contributed by atoms with Crippen LogP contribution in [-0.2, 0) is 11.3 Å². The molecule has 2 saturated heterocycles. The number of nitrogens with zero attached hydrogens (tertiary/aromatic N) is 3. The summed E-state index contributed by atoms with van der Waals surface area (Å²) in [5.41, 5.74) is 6.05. The Kier molecular flexibility index (Phi) is 8.29. The van der Waals surface area contributed by atoms with Gasteiger partial charge in [0.2, 0.25) is 5.91 Å². The maximum atomic E-state index is 13.2. The summed E-state index contributed by atoms with van der Waals surface area (Å²) in [5, 5.41) is 4.08. The van der Waals surface area contributed by atoms with Gasteiger partial charge in [0.15, 0.2) is 0 Å². The van der Waals surface area contributed by atoms with Crippen LogP contribution in [0.4, 0.5) is 10.1 Å². The van der Waals surface area contributed by atoms with E-state index < -0.39 is 0 Å². The number of piperidine rings is 2. The molecule has 6 nitrogen and oxygen atoms in total. The molecule has 42 heavy (non-hydrogen) atoms. The number of aryl methyl sites for hydroxylation is 1. The minimum Gasteiger partial charge on any atom is -0.342 e. The van der Waals surface area contributed by atoms with E-state index >= 15 is 0 Å². The van der Waals surface area contributed by atoms with Crippen molar-refractivity contribution in [1.82, 2.24) is 14.8 Å². The number of carbonyl (C=O) groups excluding carboxylic acids is 2. The highest BCUT2D eigenvalue weighted by Gasteiger charge is 2.29. The third kappa shape index (κ3) is 6.36. The van der Waals surface area contributed by atoms with E-state index in [4.69, 9.17) is 4.98 Å². The second-order valence-electron chi connectivity index (χ2n) is 11.7. The quantitative estimate of drug-likeness (QED) is 0.279. The average Bonchev–Trinajstić information content (AvgIpc) is 3.02. The van der Waals surface area contributed by atoms with Crippen molar-refractivity contribution >= 4 is 28.4 Å². The van der Waals surface area contributed by atoms with Gasteiger partial charge in [-0.15, -0.1) is 0 Å². The number of rotatable bonds is 6. The second kappa shape index (κ2) is 12.4. The third-order valence-corrected chi connectivity index (χ3v) is 8.67. The highest BCUT2D eigenvalue weighted by molar-refractivity contribution is 6.05. The normalized spacial score (nSPS) is 16.5. The zero-order valence-corrected chi connectivity index (χ0v) is 24.1. The van der Waals surface area contributed by atoms with Crippen molar-refractivity contribution in [2.24, 2.45) is 5.92 Å². The predicted molar refractivity (Wildman–Crippen MR) is 165 cm³/mol. The van der Waals surface area contributed by atoms with Gasteiger partial charge in [-0.2, -0.15) is 0 Å². The number of benzene rings is 3. The topological polar surface area (TPSA) is 65.5 Å².